The molecule has 0 bridgehead atoms. The Morgan fingerprint density at radius 1 is 1.48 bits per heavy atom. The molecule has 0 spiro atoms. The number of nitrogens with two attached hydrogens (primary N) is 1. The maximum atomic E-state index is 6.23. The van der Waals surface area contributed by atoms with Gasteiger partial charge in [-0.05, 0) is 46.3 Å². The smallest absolute Gasteiger partial charge is 0.139 e. The van der Waals surface area contributed by atoms with Crippen LogP contribution in [0.15, 0.2) is 22.9 Å². The monoisotopic (exact) mass is 350 g/mol. The van der Waals surface area contributed by atoms with Crippen LogP contribution in [-0.4, -0.2) is 33.4 Å². The number of fused-ring (bicyclic) bond motifs is 1. The molecule has 2 N–H and O–H groups in total. The molecule has 3 rings (SSSR count). The third-order valence-corrected chi connectivity index (χ3v) is 5.04. The van der Waals surface area contributed by atoms with Crippen molar-refractivity contribution in [2.24, 2.45) is 11.1 Å². The van der Waals surface area contributed by atoms with Gasteiger partial charge in [0.2, 0.25) is 0 Å². The van der Waals surface area contributed by atoms with Crippen LogP contribution in [0.2, 0.25) is 0 Å². The summed E-state index contributed by atoms with van der Waals surface area (Å²) in [6.07, 6.45) is 5.16. The minimum atomic E-state index is 0.176. The zero-order valence-corrected chi connectivity index (χ0v) is 14.5. The Balaban J connectivity index is 1.86. The zero-order valence-electron chi connectivity index (χ0n) is 12.9. The molecule has 0 amide bonds. The van der Waals surface area contributed by atoms with Gasteiger partial charge in [0.25, 0.3) is 0 Å². The van der Waals surface area contributed by atoms with Crippen molar-refractivity contribution < 1.29 is 0 Å². The van der Waals surface area contributed by atoms with Crippen LogP contribution in [0.1, 0.15) is 31.5 Å². The lowest BCUT2D eigenvalue weighted by Gasteiger charge is -2.42. The van der Waals surface area contributed by atoms with E-state index in [4.69, 9.17) is 5.73 Å². The zero-order chi connectivity index (χ0) is 15.2. The maximum absolute atomic E-state index is 6.23. The molecule has 114 valence electrons. The van der Waals surface area contributed by atoms with E-state index in [0.29, 0.717) is 6.04 Å². The summed E-state index contributed by atoms with van der Waals surface area (Å²) in [4.78, 5) is 7.06. The van der Waals surface area contributed by atoms with Gasteiger partial charge in [0.1, 0.15) is 5.65 Å². The van der Waals surface area contributed by atoms with Gasteiger partial charge in [0.15, 0.2) is 0 Å². The molecule has 0 aliphatic carbocycles. The van der Waals surface area contributed by atoms with Crippen molar-refractivity contribution in [2.45, 2.75) is 39.8 Å². The van der Waals surface area contributed by atoms with E-state index < -0.39 is 0 Å². The van der Waals surface area contributed by atoms with Crippen molar-refractivity contribution in [1.82, 2.24) is 14.3 Å². The fourth-order valence-electron chi connectivity index (χ4n) is 3.23. The summed E-state index contributed by atoms with van der Waals surface area (Å²) in [5, 5.41) is 0. The van der Waals surface area contributed by atoms with Crippen molar-refractivity contribution >= 4 is 21.6 Å². The average Bonchev–Trinajstić information content (AvgIpc) is 2.77. The normalized spacial score (nSPS) is 22.8. The Bertz CT molecular complexity index is 662. The van der Waals surface area contributed by atoms with Gasteiger partial charge in [-0.3, -0.25) is 4.90 Å². The number of hydrogen-bond donors (Lipinski definition) is 1. The van der Waals surface area contributed by atoms with Crippen LogP contribution in [0, 0.1) is 12.3 Å². The molecule has 2 aromatic heterocycles. The highest BCUT2D eigenvalue weighted by Gasteiger charge is 2.33. The van der Waals surface area contributed by atoms with Gasteiger partial charge >= 0.3 is 0 Å². The number of nitrogens with zero attached hydrogens (tertiary/aromatic N) is 3. The van der Waals surface area contributed by atoms with E-state index in [0.717, 1.165) is 36.2 Å². The summed E-state index contributed by atoms with van der Waals surface area (Å²) in [5.41, 5.74) is 9.87. The molecule has 5 heteroatoms. The minimum Gasteiger partial charge on any atom is -0.327 e. The van der Waals surface area contributed by atoms with Gasteiger partial charge in [-0.2, -0.15) is 0 Å². The highest BCUT2D eigenvalue weighted by Crippen LogP contribution is 2.29. The third-order valence-electron chi connectivity index (χ3n) is 4.61. The second-order valence-corrected chi connectivity index (χ2v) is 7.79. The molecule has 3 heterocycles. The van der Waals surface area contributed by atoms with Gasteiger partial charge in [-0.1, -0.05) is 13.8 Å². The average molecular weight is 351 g/mol. The topological polar surface area (TPSA) is 46.6 Å². The lowest BCUT2D eigenvalue weighted by Crippen LogP contribution is -2.52. The van der Waals surface area contributed by atoms with E-state index in [2.05, 4.69) is 63.2 Å². The number of piperidine rings is 1. The van der Waals surface area contributed by atoms with Crippen molar-refractivity contribution in [3.05, 3.63) is 34.2 Å². The molecule has 1 aliphatic heterocycles. The van der Waals surface area contributed by atoms with Gasteiger partial charge in [-0.25, -0.2) is 4.98 Å². The van der Waals surface area contributed by atoms with E-state index in [9.17, 15) is 0 Å². The van der Waals surface area contributed by atoms with Crippen LogP contribution in [0.4, 0.5) is 0 Å². The van der Waals surface area contributed by atoms with E-state index in [1.54, 1.807) is 0 Å². The number of pyridine rings is 1. The van der Waals surface area contributed by atoms with Crippen LogP contribution in [-0.2, 0) is 6.54 Å². The molecule has 0 radical (unpaired) electrons. The quantitative estimate of drug-likeness (QED) is 0.905. The van der Waals surface area contributed by atoms with Gasteiger partial charge in [0, 0.05) is 36.3 Å². The molecule has 0 saturated carbocycles. The Hall–Kier alpha value is -0.910. The second kappa shape index (κ2) is 5.38. The summed E-state index contributed by atoms with van der Waals surface area (Å²) >= 11 is 3.57. The van der Waals surface area contributed by atoms with E-state index >= 15 is 0 Å². The molecular weight excluding hydrogens is 328 g/mol. The number of aromatic nitrogens is 2. The number of likely N-dealkylation sites (tertiary alicyclic amines) is 1. The molecular formula is C16H23BrN4. The number of hydrogen-bond acceptors (Lipinski definition) is 3. The largest absolute Gasteiger partial charge is 0.327 e. The fourth-order valence-corrected chi connectivity index (χ4v) is 3.78. The molecule has 0 aromatic carbocycles. The molecule has 4 nitrogen and oxygen atoms in total. The first-order valence-corrected chi connectivity index (χ1v) is 8.26. The SMILES string of the molecule is Cc1cc(Br)cn2c(CN3CCC(N)C(C)(C)C3)cnc12. The van der Waals surface area contributed by atoms with Gasteiger partial charge < -0.3 is 10.1 Å². The Morgan fingerprint density at radius 3 is 2.95 bits per heavy atom. The first-order chi connectivity index (χ1) is 9.87. The van der Waals surface area contributed by atoms with E-state index in [1.807, 2.05) is 6.20 Å². The summed E-state index contributed by atoms with van der Waals surface area (Å²) in [6.45, 7) is 9.64. The van der Waals surface area contributed by atoms with Crippen molar-refractivity contribution in [3.63, 3.8) is 0 Å². The standard InChI is InChI=1S/C16H23BrN4/c1-11-6-12(17)8-21-13(7-19-15(11)21)9-20-5-4-14(18)16(2,3)10-20/h6-8,14H,4-5,9-10,18H2,1-3H3. The molecule has 1 unspecified atom stereocenters. The number of aryl methyl sites for hydroxylation is 1. The second-order valence-electron chi connectivity index (χ2n) is 6.88. The molecule has 1 fully saturated rings. The Morgan fingerprint density at radius 2 is 2.24 bits per heavy atom. The van der Waals surface area contributed by atoms with Gasteiger partial charge in [0.05, 0.1) is 11.9 Å². The lowest BCUT2D eigenvalue weighted by molar-refractivity contribution is 0.0887. The highest BCUT2D eigenvalue weighted by molar-refractivity contribution is 9.10. The fraction of sp³-hybridized carbons (Fsp3) is 0.562. The molecule has 21 heavy (non-hydrogen) atoms. The van der Waals surface area contributed by atoms with Crippen molar-refractivity contribution in [2.75, 3.05) is 13.1 Å². The lowest BCUT2D eigenvalue weighted by atomic mass is 9.80. The number of rotatable bonds is 2. The van der Waals surface area contributed by atoms with Crippen LogP contribution in [0.5, 0.6) is 0 Å². The van der Waals surface area contributed by atoms with Crippen molar-refractivity contribution in [3.8, 4) is 0 Å². The number of halogens is 1. The van der Waals surface area contributed by atoms with Crippen LogP contribution in [0.3, 0.4) is 0 Å². The summed E-state index contributed by atoms with van der Waals surface area (Å²) < 4.78 is 3.29. The summed E-state index contributed by atoms with van der Waals surface area (Å²) in [5.74, 6) is 0. The van der Waals surface area contributed by atoms with E-state index in [1.165, 1.54) is 11.3 Å². The van der Waals surface area contributed by atoms with Crippen LogP contribution in [0.25, 0.3) is 5.65 Å². The molecule has 1 atom stereocenters. The molecule has 2 aromatic rings. The predicted octanol–water partition coefficient (Wildman–Crippen LogP) is 2.96. The summed E-state index contributed by atoms with van der Waals surface area (Å²) in [7, 11) is 0. The summed E-state index contributed by atoms with van der Waals surface area (Å²) in [6, 6.07) is 2.40. The minimum absolute atomic E-state index is 0.176. The predicted molar refractivity (Wildman–Crippen MR) is 89.3 cm³/mol. The Labute approximate surface area is 134 Å². The van der Waals surface area contributed by atoms with E-state index in [-0.39, 0.29) is 5.41 Å². The molecule has 1 aliphatic rings. The van der Waals surface area contributed by atoms with Gasteiger partial charge in [-0.15, -0.1) is 0 Å². The van der Waals surface area contributed by atoms with Crippen LogP contribution >= 0.6 is 15.9 Å². The maximum Gasteiger partial charge on any atom is 0.139 e. The third kappa shape index (κ3) is 2.87. The first kappa shape index (κ1) is 15.0. The first-order valence-electron chi connectivity index (χ1n) is 7.47. The highest BCUT2D eigenvalue weighted by atomic mass is 79.9. The number of imidazole rings is 1. The molecule has 1 saturated heterocycles. The van der Waals surface area contributed by atoms with Crippen molar-refractivity contribution in [1.29, 1.82) is 0 Å². The van der Waals surface area contributed by atoms with Crippen LogP contribution < -0.4 is 5.73 Å². The Kier molecular flexibility index (Phi) is 3.84.